The average Bonchev–Trinajstić information content (AvgIpc) is 3.07. The van der Waals surface area contributed by atoms with Gasteiger partial charge >= 0.3 is 6.03 Å². The fourth-order valence-corrected chi connectivity index (χ4v) is 2.72. The van der Waals surface area contributed by atoms with Crippen LogP contribution in [0.1, 0.15) is 0 Å². The first-order valence-electron chi connectivity index (χ1n) is 7.08. The van der Waals surface area contributed by atoms with Gasteiger partial charge in [0.05, 0.1) is 31.6 Å². The molecule has 2 aromatic carbocycles. The van der Waals surface area contributed by atoms with Gasteiger partial charge in [-0.2, -0.15) is 0 Å². The van der Waals surface area contributed by atoms with Crippen LogP contribution in [0.15, 0.2) is 47.6 Å². The fourth-order valence-electron chi connectivity index (χ4n) is 2.11. The molecule has 0 aliphatic rings. The number of urea groups is 1. The van der Waals surface area contributed by atoms with Crippen LogP contribution in [0.2, 0.25) is 0 Å². The molecule has 0 bridgehead atoms. The number of carbonyl (C=O) groups is 1. The van der Waals surface area contributed by atoms with E-state index in [0.717, 1.165) is 15.9 Å². The van der Waals surface area contributed by atoms with Crippen LogP contribution in [-0.2, 0) is 0 Å². The first kappa shape index (κ1) is 16.0. The highest BCUT2D eigenvalue weighted by Gasteiger charge is 2.07. The van der Waals surface area contributed by atoms with E-state index in [0.29, 0.717) is 17.2 Å². The molecule has 0 atom stereocenters. The second kappa shape index (κ2) is 7.14. The van der Waals surface area contributed by atoms with E-state index < -0.39 is 0 Å². The molecule has 0 fully saturated rings. The number of ether oxygens (including phenoxy) is 2. The third-order valence-corrected chi connectivity index (χ3v) is 4.02. The summed E-state index contributed by atoms with van der Waals surface area (Å²) in [4.78, 5) is 20.0. The lowest BCUT2D eigenvalue weighted by molar-refractivity contribution is 0.257. The molecule has 0 radical (unpaired) electrons. The fraction of sp³-hybridized carbons (Fsp3) is 0.125. The zero-order valence-electron chi connectivity index (χ0n) is 13.1. The van der Waals surface area contributed by atoms with Gasteiger partial charge in [-0.3, -0.25) is 4.72 Å². The highest BCUT2D eigenvalue weighted by molar-refractivity contribution is 7.98. The van der Waals surface area contributed by atoms with Crippen molar-refractivity contribution < 1.29 is 14.3 Å². The van der Waals surface area contributed by atoms with E-state index in [2.05, 4.69) is 20.0 Å². The predicted octanol–water partition coefficient (Wildman–Crippen LogP) is 3.41. The number of benzene rings is 2. The number of amides is 2. The van der Waals surface area contributed by atoms with Crippen LogP contribution in [-0.4, -0.2) is 30.2 Å². The Morgan fingerprint density at radius 1 is 1.12 bits per heavy atom. The van der Waals surface area contributed by atoms with Gasteiger partial charge < -0.3 is 19.8 Å². The summed E-state index contributed by atoms with van der Waals surface area (Å²) in [6.07, 6.45) is 1.61. The Balaban J connectivity index is 1.62. The minimum atomic E-state index is -0.336. The molecule has 7 nitrogen and oxygen atoms in total. The van der Waals surface area contributed by atoms with E-state index in [1.54, 1.807) is 38.7 Å². The van der Waals surface area contributed by atoms with Crippen molar-refractivity contribution in [1.29, 1.82) is 0 Å². The molecule has 0 unspecified atom stereocenters. The summed E-state index contributed by atoms with van der Waals surface area (Å²) in [5.74, 6) is 1.31. The Morgan fingerprint density at radius 3 is 2.58 bits per heavy atom. The second-order valence-corrected chi connectivity index (χ2v) is 5.72. The van der Waals surface area contributed by atoms with Gasteiger partial charge in [0.2, 0.25) is 0 Å². The summed E-state index contributed by atoms with van der Waals surface area (Å²) in [7, 11) is 3.16. The smallest absolute Gasteiger partial charge is 0.329 e. The van der Waals surface area contributed by atoms with Gasteiger partial charge in [0, 0.05) is 16.6 Å². The van der Waals surface area contributed by atoms with Crippen molar-refractivity contribution in [2.45, 2.75) is 4.90 Å². The molecule has 3 aromatic rings. The number of nitrogens with one attached hydrogen (secondary N) is 3. The number of hydrogen-bond acceptors (Lipinski definition) is 5. The van der Waals surface area contributed by atoms with Crippen molar-refractivity contribution in [2.24, 2.45) is 0 Å². The lowest BCUT2D eigenvalue weighted by Crippen LogP contribution is -2.22. The highest BCUT2D eigenvalue weighted by Crippen LogP contribution is 2.27. The summed E-state index contributed by atoms with van der Waals surface area (Å²) < 4.78 is 13.1. The number of nitrogens with zero attached hydrogens (tertiary/aromatic N) is 1. The molecule has 0 saturated heterocycles. The molecule has 0 aliphatic heterocycles. The molecule has 1 heterocycles. The highest BCUT2D eigenvalue weighted by atomic mass is 32.2. The number of aromatic nitrogens is 2. The van der Waals surface area contributed by atoms with Gasteiger partial charge in [-0.15, -0.1) is 0 Å². The minimum Gasteiger partial charge on any atom is -0.497 e. The van der Waals surface area contributed by atoms with Crippen LogP contribution in [0.4, 0.5) is 10.5 Å². The van der Waals surface area contributed by atoms with Crippen LogP contribution in [0, 0.1) is 0 Å². The Labute approximate surface area is 142 Å². The number of carbonyl (C=O) groups excluding carboxylic acids is 1. The van der Waals surface area contributed by atoms with Gasteiger partial charge in [0.1, 0.15) is 11.5 Å². The predicted molar refractivity (Wildman–Crippen MR) is 93.7 cm³/mol. The molecule has 124 valence electrons. The zero-order valence-corrected chi connectivity index (χ0v) is 13.9. The third kappa shape index (κ3) is 3.72. The van der Waals surface area contributed by atoms with E-state index in [1.165, 1.54) is 11.9 Å². The van der Waals surface area contributed by atoms with E-state index in [9.17, 15) is 4.79 Å². The first-order chi connectivity index (χ1) is 11.7. The molecule has 3 N–H and O–H groups in total. The number of hydrogen-bond donors (Lipinski definition) is 3. The van der Waals surface area contributed by atoms with Crippen molar-refractivity contribution in [3.05, 3.63) is 42.7 Å². The Hall–Kier alpha value is -2.87. The van der Waals surface area contributed by atoms with E-state index >= 15 is 0 Å². The molecule has 8 heteroatoms. The van der Waals surface area contributed by atoms with Gasteiger partial charge in [-0.25, -0.2) is 9.78 Å². The summed E-state index contributed by atoms with van der Waals surface area (Å²) in [5.41, 5.74) is 2.37. The van der Waals surface area contributed by atoms with Crippen LogP contribution in [0.5, 0.6) is 11.5 Å². The maximum Gasteiger partial charge on any atom is 0.329 e. The Bertz CT molecular complexity index is 843. The number of rotatable bonds is 5. The maximum atomic E-state index is 12.0. The minimum absolute atomic E-state index is 0.336. The summed E-state index contributed by atoms with van der Waals surface area (Å²) in [6, 6.07) is 10.5. The number of methoxy groups -OCH3 is 2. The number of imidazole rings is 1. The van der Waals surface area contributed by atoms with Crippen molar-refractivity contribution >= 4 is 34.7 Å². The third-order valence-electron chi connectivity index (χ3n) is 3.27. The summed E-state index contributed by atoms with van der Waals surface area (Å²) >= 11 is 1.17. The largest absolute Gasteiger partial charge is 0.497 e. The molecule has 1 aromatic heterocycles. The van der Waals surface area contributed by atoms with Gasteiger partial charge in [-0.05, 0) is 42.3 Å². The van der Waals surface area contributed by atoms with Crippen molar-refractivity contribution in [3.63, 3.8) is 0 Å². The zero-order chi connectivity index (χ0) is 16.9. The lowest BCUT2D eigenvalue weighted by Gasteiger charge is -2.09. The van der Waals surface area contributed by atoms with Gasteiger partial charge in [-0.1, -0.05) is 0 Å². The first-order valence-corrected chi connectivity index (χ1v) is 7.89. The number of anilines is 1. The molecule has 2 amide bonds. The number of fused-ring (bicyclic) bond motifs is 1. The van der Waals surface area contributed by atoms with Crippen LogP contribution < -0.4 is 19.5 Å². The van der Waals surface area contributed by atoms with Crippen molar-refractivity contribution in [3.8, 4) is 11.5 Å². The van der Waals surface area contributed by atoms with Crippen LogP contribution in [0.25, 0.3) is 11.0 Å². The Kier molecular flexibility index (Phi) is 4.76. The van der Waals surface area contributed by atoms with Crippen molar-refractivity contribution in [1.82, 2.24) is 14.7 Å². The van der Waals surface area contributed by atoms with E-state index in [4.69, 9.17) is 9.47 Å². The van der Waals surface area contributed by atoms with Gasteiger partial charge in [0.25, 0.3) is 0 Å². The molecule has 0 saturated carbocycles. The van der Waals surface area contributed by atoms with Gasteiger partial charge in [0.15, 0.2) is 0 Å². The maximum absolute atomic E-state index is 12.0. The normalized spacial score (nSPS) is 10.4. The summed E-state index contributed by atoms with van der Waals surface area (Å²) in [5, 5.41) is 2.76. The quantitative estimate of drug-likeness (QED) is 0.617. The average molecular weight is 344 g/mol. The molecule has 0 spiro atoms. The molecular weight excluding hydrogens is 328 g/mol. The molecule has 3 rings (SSSR count). The van der Waals surface area contributed by atoms with E-state index in [-0.39, 0.29) is 6.03 Å². The summed E-state index contributed by atoms with van der Waals surface area (Å²) in [6.45, 7) is 0. The number of aromatic amines is 1. The molecular formula is C16H16N4O3S. The molecule has 0 aliphatic carbocycles. The number of H-pyrrole nitrogens is 1. The monoisotopic (exact) mass is 344 g/mol. The van der Waals surface area contributed by atoms with Crippen LogP contribution >= 0.6 is 11.9 Å². The topological polar surface area (TPSA) is 88.3 Å². The van der Waals surface area contributed by atoms with E-state index in [1.807, 2.05) is 18.2 Å². The molecule has 24 heavy (non-hydrogen) atoms. The van der Waals surface area contributed by atoms with Crippen molar-refractivity contribution in [2.75, 3.05) is 19.5 Å². The van der Waals surface area contributed by atoms with Crippen LogP contribution in [0.3, 0.4) is 0 Å². The second-order valence-electron chi connectivity index (χ2n) is 4.84. The standard InChI is InChI=1S/C16H16N4O3S/c1-22-11-6-12(23-2)8-13(7-11)24-20-16(21)19-10-3-4-14-15(5-10)18-9-17-14/h3-9H,1-2H3,(H,17,18)(H2,19,20,21). The Morgan fingerprint density at radius 2 is 1.88 bits per heavy atom. The lowest BCUT2D eigenvalue weighted by atomic mass is 10.3. The SMILES string of the molecule is COc1cc(OC)cc(SNC(=O)Nc2ccc3[nH]cnc3c2)c1.